The van der Waals surface area contributed by atoms with E-state index in [0.29, 0.717) is 6.42 Å². The fraction of sp³-hybridized carbons (Fsp3) is 0.192. The number of aromatic amines is 1. The van der Waals surface area contributed by atoms with Crippen LogP contribution < -0.4 is 10.9 Å². The van der Waals surface area contributed by atoms with E-state index in [1.54, 1.807) is 11.3 Å². The lowest BCUT2D eigenvalue weighted by Gasteiger charge is -2.17. The van der Waals surface area contributed by atoms with Gasteiger partial charge in [-0.25, -0.2) is 9.97 Å². The van der Waals surface area contributed by atoms with Crippen molar-refractivity contribution in [3.8, 4) is 0 Å². The Bertz CT molecular complexity index is 1490. The molecule has 5 rings (SSSR count). The molecule has 3 aromatic heterocycles. The Labute approximate surface area is 190 Å². The largest absolute Gasteiger partial charge is 0.322 e. The number of benzene rings is 2. The summed E-state index contributed by atoms with van der Waals surface area (Å²) in [7, 11) is 0. The van der Waals surface area contributed by atoms with Gasteiger partial charge in [0.15, 0.2) is 5.13 Å². The molecule has 0 aliphatic rings. The zero-order valence-corrected chi connectivity index (χ0v) is 19.1. The Morgan fingerprint density at radius 3 is 2.50 bits per heavy atom. The summed E-state index contributed by atoms with van der Waals surface area (Å²) in [5.74, 6) is 0.757. The standard InChI is InChI=1S/C26H24N4OS/c1-26(2,3)23-21(15-18-14-17-9-5-7-11-20(17)28-24(18)31)32-25(30-23)29-22-13-12-16-8-4-6-10-19(16)27-22/h4-14H,15H2,1-3H3,(H,28,31)(H,27,29,30). The highest BCUT2D eigenvalue weighted by Crippen LogP contribution is 2.34. The molecule has 0 radical (unpaired) electrons. The van der Waals surface area contributed by atoms with Crippen LogP contribution in [0.2, 0.25) is 0 Å². The van der Waals surface area contributed by atoms with Gasteiger partial charge in [-0.15, -0.1) is 11.3 Å². The van der Waals surface area contributed by atoms with Crippen molar-refractivity contribution >= 4 is 44.1 Å². The smallest absolute Gasteiger partial charge is 0.251 e. The van der Waals surface area contributed by atoms with Crippen molar-refractivity contribution in [2.75, 3.05) is 5.32 Å². The number of hydrogen-bond donors (Lipinski definition) is 2. The normalized spacial score (nSPS) is 11.8. The maximum Gasteiger partial charge on any atom is 0.251 e. The van der Waals surface area contributed by atoms with Gasteiger partial charge in [-0.05, 0) is 35.7 Å². The van der Waals surface area contributed by atoms with Crippen molar-refractivity contribution in [1.29, 1.82) is 0 Å². The highest BCUT2D eigenvalue weighted by atomic mass is 32.1. The number of aromatic nitrogens is 3. The van der Waals surface area contributed by atoms with Crippen LogP contribution >= 0.6 is 11.3 Å². The van der Waals surface area contributed by atoms with Crippen molar-refractivity contribution in [1.82, 2.24) is 15.0 Å². The minimum Gasteiger partial charge on any atom is -0.322 e. The van der Waals surface area contributed by atoms with E-state index in [4.69, 9.17) is 9.97 Å². The zero-order valence-electron chi connectivity index (χ0n) is 18.3. The van der Waals surface area contributed by atoms with E-state index >= 15 is 0 Å². The Balaban J connectivity index is 1.51. The molecule has 0 aliphatic carbocycles. The average molecular weight is 441 g/mol. The van der Waals surface area contributed by atoms with Gasteiger partial charge in [-0.1, -0.05) is 57.2 Å². The van der Waals surface area contributed by atoms with Crippen LogP contribution in [0.4, 0.5) is 10.9 Å². The molecular weight excluding hydrogens is 416 g/mol. The summed E-state index contributed by atoms with van der Waals surface area (Å²) in [6.45, 7) is 6.44. The van der Waals surface area contributed by atoms with Gasteiger partial charge in [0.05, 0.1) is 11.2 Å². The van der Waals surface area contributed by atoms with E-state index in [1.807, 2.05) is 60.7 Å². The number of H-pyrrole nitrogens is 1. The van der Waals surface area contributed by atoms with E-state index in [2.05, 4.69) is 37.1 Å². The first kappa shape index (κ1) is 20.4. The van der Waals surface area contributed by atoms with Crippen LogP contribution in [-0.2, 0) is 11.8 Å². The summed E-state index contributed by atoms with van der Waals surface area (Å²) in [6.07, 6.45) is 0.539. The predicted octanol–water partition coefficient (Wildman–Crippen LogP) is 6.16. The van der Waals surface area contributed by atoms with Crippen LogP contribution in [0.5, 0.6) is 0 Å². The minimum absolute atomic E-state index is 0.0531. The molecule has 0 bridgehead atoms. The quantitative estimate of drug-likeness (QED) is 0.351. The summed E-state index contributed by atoms with van der Waals surface area (Å²) in [6, 6.07) is 21.9. The summed E-state index contributed by atoms with van der Waals surface area (Å²) in [5, 5.41) is 6.28. The lowest BCUT2D eigenvalue weighted by atomic mass is 9.90. The van der Waals surface area contributed by atoms with Gasteiger partial charge < -0.3 is 10.3 Å². The SMILES string of the molecule is CC(C)(C)c1nc(Nc2ccc3ccccc3n2)sc1Cc1cc2ccccc2[nH]c1=O. The number of nitrogens with one attached hydrogen (secondary N) is 2. The molecule has 32 heavy (non-hydrogen) atoms. The van der Waals surface area contributed by atoms with Gasteiger partial charge in [0.25, 0.3) is 5.56 Å². The maximum absolute atomic E-state index is 12.7. The number of thiazole rings is 1. The molecule has 0 atom stereocenters. The van der Waals surface area contributed by atoms with Crippen molar-refractivity contribution < 1.29 is 0 Å². The first-order valence-corrected chi connectivity index (χ1v) is 11.4. The second kappa shape index (κ2) is 7.88. The Morgan fingerprint density at radius 1 is 0.938 bits per heavy atom. The first-order chi connectivity index (χ1) is 15.4. The first-order valence-electron chi connectivity index (χ1n) is 10.6. The monoisotopic (exact) mass is 440 g/mol. The molecule has 0 saturated heterocycles. The number of fused-ring (bicyclic) bond motifs is 2. The summed E-state index contributed by atoms with van der Waals surface area (Å²) >= 11 is 1.58. The predicted molar refractivity (Wildman–Crippen MR) is 133 cm³/mol. The van der Waals surface area contributed by atoms with Crippen LogP contribution in [-0.4, -0.2) is 15.0 Å². The summed E-state index contributed by atoms with van der Waals surface area (Å²) < 4.78 is 0. The summed E-state index contributed by atoms with van der Waals surface area (Å²) in [4.78, 5) is 26.4. The van der Waals surface area contributed by atoms with Gasteiger partial charge in [0, 0.05) is 33.2 Å². The third kappa shape index (κ3) is 4.01. The van der Waals surface area contributed by atoms with Crippen LogP contribution in [0.25, 0.3) is 21.8 Å². The molecule has 0 spiro atoms. The van der Waals surface area contributed by atoms with E-state index in [9.17, 15) is 4.79 Å². The van der Waals surface area contributed by atoms with Crippen molar-refractivity contribution in [3.05, 3.63) is 93.2 Å². The Hall–Kier alpha value is -3.51. The highest BCUT2D eigenvalue weighted by molar-refractivity contribution is 7.15. The second-order valence-electron chi connectivity index (χ2n) is 8.94. The molecule has 2 N–H and O–H groups in total. The molecule has 0 unspecified atom stereocenters. The lowest BCUT2D eigenvalue weighted by Crippen LogP contribution is -2.17. The molecule has 3 heterocycles. The van der Waals surface area contributed by atoms with E-state index in [-0.39, 0.29) is 11.0 Å². The molecule has 0 fully saturated rings. The number of rotatable bonds is 4. The Morgan fingerprint density at radius 2 is 1.69 bits per heavy atom. The van der Waals surface area contributed by atoms with E-state index in [1.165, 1.54) is 0 Å². The number of hydrogen-bond acceptors (Lipinski definition) is 5. The number of para-hydroxylation sites is 2. The average Bonchev–Trinajstić information content (AvgIpc) is 3.17. The second-order valence-corrected chi connectivity index (χ2v) is 10.0. The number of nitrogens with zero attached hydrogens (tertiary/aromatic N) is 2. The molecule has 5 aromatic rings. The van der Waals surface area contributed by atoms with Crippen LogP contribution in [0, 0.1) is 0 Å². The topological polar surface area (TPSA) is 70.7 Å². The van der Waals surface area contributed by atoms with Gasteiger partial charge in [0.2, 0.25) is 0 Å². The van der Waals surface area contributed by atoms with Gasteiger partial charge in [-0.3, -0.25) is 4.79 Å². The molecule has 2 aromatic carbocycles. The van der Waals surface area contributed by atoms with E-state index < -0.39 is 0 Å². The van der Waals surface area contributed by atoms with Crippen LogP contribution in [0.3, 0.4) is 0 Å². The van der Waals surface area contributed by atoms with Crippen LogP contribution in [0.1, 0.15) is 36.9 Å². The van der Waals surface area contributed by atoms with Crippen molar-refractivity contribution in [2.45, 2.75) is 32.6 Å². The molecule has 160 valence electrons. The van der Waals surface area contributed by atoms with Gasteiger partial charge in [-0.2, -0.15) is 0 Å². The van der Waals surface area contributed by atoms with Gasteiger partial charge in [0.1, 0.15) is 5.82 Å². The molecule has 6 heteroatoms. The molecule has 5 nitrogen and oxygen atoms in total. The number of anilines is 2. The van der Waals surface area contributed by atoms with Crippen molar-refractivity contribution in [3.63, 3.8) is 0 Å². The third-order valence-electron chi connectivity index (χ3n) is 5.42. The molecule has 0 amide bonds. The minimum atomic E-state index is -0.147. The third-order valence-corrected chi connectivity index (χ3v) is 6.39. The zero-order chi connectivity index (χ0) is 22.3. The fourth-order valence-corrected chi connectivity index (χ4v) is 5.06. The molecule has 0 aliphatic heterocycles. The number of pyridine rings is 2. The van der Waals surface area contributed by atoms with Crippen LogP contribution in [0.15, 0.2) is 71.5 Å². The summed E-state index contributed by atoms with van der Waals surface area (Å²) in [5.41, 5.74) is 3.33. The van der Waals surface area contributed by atoms with E-state index in [0.717, 1.165) is 48.9 Å². The fourth-order valence-electron chi connectivity index (χ4n) is 3.85. The van der Waals surface area contributed by atoms with Crippen molar-refractivity contribution in [2.24, 2.45) is 0 Å². The Kier molecular flexibility index (Phi) is 5.02. The lowest BCUT2D eigenvalue weighted by molar-refractivity contribution is 0.568. The highest BCUT2D eigenvalue weighted by Gasteiger charge is 2.24. The van der Waals surface area contributed by atoms with Gasteiger partial charge >= 0.3 is 0 Å². The molecular formula is C26H24N4OS. The maximum atomic E-state index is 12.7. The molecule has 0 saturated carbocycles.